The molecule has 1 saturated heterocycles. The summed E-state index contributed by atoms with van der Waals surface area (Å²) < 4.78 is 1.90. The number of nitrogens with zero attached hydrogens (tertiary/aromatic N) is 2. The number of aromatic nitrogens is 2. The van der Waals surface area contributed by atoms with E-state index in [9.17, 15) is 9.59 Å². The molecule has 2 aliphatic rings. The third-order valence-electron chi connectivity index (χ3n) is 5.88. The molecule has 1 aromatic carbocycles. The van der Waals surface area contributed by atoms with E-state index < -0.39 is 0 Å². The number of imidazole rings is 1. The van der Waals surface area contributed by atoms with Crippen LogP contribution in [0, 0.1) is 0 Å². The van der Waals surface area contributed by atoms with Gasteiger partial charge in [0.25, 0.3) is 0 Å². The molecule has 1 aromatic heterocycles. The van der Waals surface area contributed by atoms with Crippen LogP contribution in [-0.2, 0) is 4.79 Å². The minimum absolute atomic E-state index is 0.0281. The summed E-state index contributed by atoms with van der Waals surface area (Å²) in [6, 6.07) is 8.43. The average molecular weight is 356 g/mol. The van der Waals surface area contributed by atoms with Crippen molar-refractivity contribution < 1.29 is 4.79 Å². The molecule has 2 aromatic rings. The van der Waals surface area contributed by atoms with Crippen LogP contribution in [0.15, 0.2) is 29.1 Å². The summed E-state index contributed by atoms with van der Waals surface area (Å²) in [6.45, 7) is 2.19. The predicted molar refractivity (Wildman–Crippen MR) is 102 cm³/mol. The topological polar surface area (TPSA) is 70.1 Å². The third-order valence-corrected chi connectivity index (χ3v) is 5.88. The van der Waals surface area contributed by atoms with Gasteiger partial charge in [-0.3, -0.25) is 14.3 Å². The number of piperidine rings is 1. The molecular formula is C20H28N4O2. The minimum Gasteiger partial charge on any atom is -0.352 e. The van der Waals surface area contributed by atoms with Crippen LogP contribution >= 0.6 is 0 Å². The Balaban J connectivity index is 1.33. The zero-order valence-corrected chi connectivity index (χ0v) is 15.2. The van der Waals surface area contributed by atoms with Crippen molar-refractivity contribution in [3.63, 3.8) is 0 Å². The number of para-hydroxylation sites is 2. The number of rotatable bonds is 4. The molecule has 1 aliphatic heterocycles. The average Bonchev–Trinajstić information content (AvgIpc) is 2.99. The summed E-state index contributed by atoms with van der Waals surface area (Å²) in [7, 11) is 0. The molecule has 0 radical (unpaired) electrons. The number of nitrogens with one attached hydrogen (secondary N) is 2. The molecule has 1 amide bonds. The van der Waals surface area contributed by atoms with Gasteiger partial charge in [0.05, 0.1) is 17.6 Å². The lowest BCUT2D eigenvalue weighted by Crippen LogP contribution is -2.45. The number of aromatic amines is 1. The maximum absolute atomic E-state index is 12.3. The summed E-state index contributed by atoms with van der Waals surface area (Å²) >= 11 is 0. The number of benzene rings is 1. The maximum Gasteiger partial charge on any atom is 0.326 e. The first-order valence-corrected chi connectivity index (χ1v) is 9.91. The van der Waals surface area contributed by atoms with Crippen molar-refractivity contribution in [1.29, 1.82) is 0 Å². The van der Waals surface area contributed by atoms with Gasteiger partial charge in [0.15, 0.2) is 0 Å². The predicted octanol–water partition coefficient (Wildman–Crippen LogP) is 2.42. The van der Waals surface area contributed by atoms with Gasteiger partial charge in [-0.1, -0.05) is 31.4 Å². The van der Waals surface area contributed by atoms with Crippen molar-refractivity contribution in [1.82, 2.24) is 19.8 Å². The number of fused-ring (bicyclic) bond motifs is 1. The van der Waals surface area contributed by atoms with Crippen LogP contribution in [0.4, 0.5) is 0 Å². The SMILES string of the molecule is O=C(CN1CCC(n2c(=O)[nH]c3ccccc32)CC1)NC1CCCCC1. The summed E-state index contributed by atoms with van der Waals surface area (Å²) in [4.78, 5) is 29.8. The van der Waals surface area contributed by atoms with E-state index in [4.69, 9.17) is 0 Å². The number of H-pyrrole nitrogens is 1. The van der Waals surface area contributed by atoms with E-state index in [0.29, 0.717) is 12.6 Å². The van der Waals surface area contributed by atoms with E-state index in [0.717, 1.165) is 49.8 Å². The lowest BCUT2D eigenvalue weighted by Gasteiger charge is -2.32. The molecule has 0 atom stereocenters. The van der Waals surface area contributed by atoms with E-state index in [1.54, 1.807) is 0 Å². The van der Waals surface area contributed by atoms with Crippen LogP contribution in [-0.4, -0.2) is 46.0 Å². The molecule has 0 spiro atoms. The van der Waals surface area contributed by atoms with Crippen LogP contribution in [0.25, 0.3) is 11.0 Å². The number of amides is 1. The molecule has 1 saturated carbocycles. The van der Waals surface area contributed by atoms with Gasteiger partial charge in [0, 0.05) is 25.2 Å². The Bertz CT molecular complexity index is 811. The molecule has 26 heavy (non-hydrogen) atoms. The van der Waals surface area contributed by atoms with Gasteiger partial charge in [-0.25, -0.2) is 4.79 Å². The number of hydrogen-bond donors (Lipinski definition) is 2. The van der Waals surface area contributed by atoms with E-state index in [2.05, 4.69) is 15.2 Å². The van der Waals surface area contributed by atoms with Crippen LogP contribution in [0.1, 0.15) is 51.0 Å². The second kappa shape index (κ2) is 7.66. The van der Waals surface area contributed by atoms with Crippen LogP contribution < -0.4 is 11.0 Å². The Kier molecular flexibility index (Phi) is 5.11. The summed E-state index contributed by atoms with van der Waals surface area (Å²) in [5.74, 6) is 0.152. The van der Waals surface area contributed by atoms with Gasteiger partial charge < -0.3 is 10.3 Å². The zero-order valence-electron chi connectivity index (χ0n) is 15.2. The highest BCUT2D eigenvalue weighted by molar-refractivity contribution is 5.78. The van der Waals surface area contributed by atoms with Crippen LogP contribution in [0.3, 0.4) is 0 Å². The first kappa shape index (κ1) is 17.3. The number of carbonyl (C=O) groups excluding carboxylic acids is 1. The second-order valence-corrected chi connectivity index (χ2v) is 7.73. The van der Waals surface area contributed by atoms with Crippen molar-refractivity contribution in [2.45, 2.75) is 57.0 Å². The Hall–Kier alpha value is -2.08. The first-order valence-electron chi connectivity index (χ1n) is 9.91. The van der Waals surface area contributed by atoms with Gasteiger partial charge in [-0.05, 0) is 37.8 Å². The number of likely N-dealkylation sites (tertiary alicyclic amines) is 1. The fourth-order valence-electron chi connectivity index (χ4n) is 4.50. The molecule has 0 unspecified atom stereocenters. The third kappa shape index (κ3) is 3.70. The zero-order chi connectivity index (χ0) is 17.9. The second-order valence-electron chi connectivity index (χ2n) is 7.73. The number of hydrogen-bond acceptors (Lipinski definition) is 3. The van der Waals surface area contributed by atoms with Crippen molar-refractivity contribution in [3.05, 3.63) is 34.7 Å². The van der Waals surface area contributed by atoms with Gasteiger partial charge in [0.1, 0.15) is 0 Å². The van der Waals surface area contributed by atoms with Crippen molar-refractivity contribution in [3.8, 4) is 0 Å². The molecule has 6 nitrogen and oxygen atoms in total. The Labute approximate surface area is 153 Å². The Morgan fingerprint density at radius 2 is 1.81 bits per heavy atom. The summed E-state index contributed by atoms with van der Waals surface area (Å²) in [6.07, 6.45) is 7.81. The van der Waals surface area contributed by atoms with Crippen molar-refractivity contribution in [2.24, 2.45) is 0 Å². The van der Waals surface area contributed by atoms with Gasteiger partial charge in [-0.2, -0.15) is 0 Å². The van der Waals surface area contributed by atoms with Gasteiger partial charge in [0.2, 0.25) is 5.91 Å². The normalized spacial score (nSPS) is 20.5. The largest absolute Gasteiger partial charge is 0.352 e. The van der Waals surface area contributed by atoms with E-state index in [-0.39, 0.29) is 17.6 Å². The maximum atomic E-state index is 12.3. The quantitative estimate of drug-likeness (QED) is 0.884. The lowest BCUT2D eigenvalue weighted by atomic mass is 9.95. The molecular weight excluding hydrogens is 328 g/mol. The monoisotopic (exact) mass is 356 g/mol. The molecule has 4 rings (SSSR count). The highest BCUT2D eigenvalue weighted by Crippen LogP contribution is 2.24. The van der Waals surface area contributed by atoms with Crippen molar-refractivity contribution >= 4 is 16.9 Å². The van der Waals surface area contributed by atoms with E-state index in [1.165, 1.54) is 19.3 Å². The highest BCUT2D eigenvalue weighted by Gasteiger charge is 2.25. The fourth-order valence-corrected chi connectivity index (χ4v) is 4.50. The van der Waals surface area contributed by atoms with Crippen LogP contribution in [0.5, 0.6) is 0 Å². The fraction of sp³-hybridized carbons (Fsp3) is 0.600. The van der Waals surface area contributed by atoms with Crippen LogP contribution in [0.2, 0.25) is 0 Å². The summed E-state index contributed by atoms with van der Waals surface area (Å²) in [5, 5.41) is 3.20. The van der Waals surface area contributed by atoms with Gasteiger partial charge >= 0.3 is 5.69 Å². The molecule has 2 fully saturated rings. The van der Waals surface area contributed by atoms with Crippen molar-refractivity contribution in [2.75, 3.05) is 19.6 Å². The molecule has 2 heterocycles. The highest BCUT2D eigenvalue weighted by atomic mass is 16.2. The molecule has 2 N–H and O–H groups in total. The molecule has 0 bridgehead atoms. The first-order chi connectivity index (χ1) is 12.7. The number of carbonyl (C=O) groups is 1. The lowest BCUT2D eigenvalue weighted by molar-refractivity contribution is -0.123. The molecule has 140 valence electrons. The smallest absolute Gasteiger partial charge is 0.326 e. The molecule has 6 heteroatoms. The minimum atomic E-state index is -0.0281. The van der Waals surface area contributed by atoms with Gasteiger partial charge in [-0.15, -0.1) is 0 Å². The standard InChI is InChI=1S/C20H28N4O2/c25-19(21-15-6-2-1-3-7-15)14-23-12-10-16(11-13-23)24-18-9-5-4-8-17(18)22-20(24)26/h4-5,8-9,15-16H,1-3,6-7,10-14H2,(H,21,25)(H,22,26). The Morgan fingerprint density at radius 1 is 1.08 bits per heavy atom. The summed E-state index contributed by atoms with van der Waals surface area (Å²) in [5.41, 5.74) is 1.84. The molecule has 1 aliphatic carbocycles. The van der Waals surface area contributed by atoms with E-state index in [1.807, 2.05) is 28.8 Å². The Morgan fingerprint density at radius 3 is 2.58 bits per heavy atom. The van der Waals surface area contributed by atoms with E-state index >= 15 is 0 Å².